The first kappa shape index (κ1) is 17.5. The van der Waals surface area contributed by atoms with E-state index in [-0.39, 0.29) is 25.3 Å². The number of halogens is 2. The molecule has 2 rings (SSSR count). The minimum atomic E-state index is -1.82. The summed E-state index contributed by atoms with van der Waals surface area (Å²) in [4.78, 5) is 3.77. The minimum Gasteiger partial charge on any atom is -0.396 e. The maximum atomic E-state index is 14.2. The Bertz CT molecular complexity index is 635. The van der Waals surface area contributed by atoms with Gasteiger partial charge in [0.15, 0.2) is 0 Å². The first-order valence-corrected chi connectivity index (χ1v) is 7.14. The van der Waals surface area contributed by atoms with Crippen LogP contribution >= 0.6 is 0 Å². The van der Waals surface area contributed by atoms with Crippen molar-refractivity contribution in [3.63, 3.8) is 0 Å². The number of rotatable bonds is 7. The van der Waals surface area contributed by atoms with Crippen molar-refractivity contribution in [1.82, 2.24) is 14.8 Å². The van der Waals surface area contributed by atoms with E-state index in [1.54, 1.807) is 6.92 Å². The summed E-state index contributed by atoms with van der Waals surface area (Å²) in [6, 6.07) is 2.88. The molecule has 0 bridgehead atoms. The van der Waals surface area contributed by atoms with Gasteiger partial charge in [-0.15, -0.1) is 0 Å². The Hall–Kier alpha value is -1.90. The molecule has 126 valence electrons. The van der Waals surface area contributed by atoms with Crippen molar-refractivity contribution in [1.29, 1.82) is 0 Å². The molecule has 6 nitrogen and oxygen atoms in total. The van der Waals surface area contributed by atoms with E-state index in [0.717, 1.165) is 12.1 Å². The molecule has 0 saturated carbocycles. The highest BCUT2D eigenvalue weighted by Gasteiger charge is 2.42. The molecule has 0 radical (unpaired) electrons. The molecule has 0 saturated heterocycles. The Balaban J connectivity index is 2.49. The van der Waals surface area contributed by atoms with Gasteiger partial charge in [-0.1, -0.05) is 13.0 Å². The van der Waals surface area contributed by atoms with E-state index in [9.17, 15) is 24.1 Å². The van der Waals surface area contributed by atoms with Crippen LogP contribution in [0.4, 0.5) is 8.78 Å². The van der Waals surface area contributed by atoms with Gasteiger partial charge in [-0.05, 0) is 12.0 Å². The molecule has 23 heavy (non-hydrogen) atoms. The molecule has 1 heterocycles. The van der Waals surface area contributed by atoms with Crippen LogP contribution < -0.4 is 0 Å². The quantitative estimate of drug-likeness (QED) is 0.696. The van der Waals surface area contributed by atoms with Gasteiger partial charge < -0.3 is 15.3 Å². The summed E-state index contributed by atoms with van der Waals surface area (Å²) in [5.74, 6) is -3.09. The lowest BCUT2D eigenvalue weighted by Crippen LogP contribution is -2.44. The van der Waals surface area contributed by atoms with Gasteiger partial charge in [0.2, 0.25) is 0 Å². The molecular weight excluding hydrogens is 308 g/mol. The van der Waals surface area contributed by atoms with Crippen molar-refractivity contribution < 1.29 is 24.1 Å². The Kier molecular flexibility index (Phi) is 5.40. The predicted molar refractivity (Wildman–Crippen MR) is 77.1 cm³/mol. The third-order valence-corrected chi connectivity index (χ3v) is 4.20. The SMILES string of the molecule is C[C@H](C(CO)CO)[C@](O)(Cn1cncn1)c1ccc(F)cc1F. The molecule has 0 aliphatic heterocycles. The Morgan fingerprint density at radius 2 is 1.96 bits per heavy atom. The van der Waals surface area contributed by atoms with Crippen LogP contribution in [0.2, 0.25) is 0 Å². The monoisotopic (exact) mass is 327 g/mol. The van der Waals surface area contributed by atoms with Gasteiger partial charge in [0, 0.05) is 30.8 Å². The second-order valence-electron chi connectivity index (χ2n) is 5.56. The van der Waals surface area contributed by atoms with Crippen molar-refractivity contribution in [2.45, 2.75) is 19.1 Å². The number of benzene rings is 1. The lowest BCUT2D eigenvalue weighted by Gasteiger charge is -2.38. The molecule has 8 heteroatoms. The molecule has 1 aromatic carbocycles. The standard InChI is InChI=1S/C15H19F2N3O3/c1-10(11(5-21)6-22)15(23,7-20-9-18-8-19-20)13-3-2-12(16)4-14(13)17/h2-4,8-11,21-23H,5-7H2,1H3/t10-,15-/m1/s1. The van der Waals surface area contributed by atoms with E-state index in [0.29, 0.717) is 6.07 Å². The topological polar surface area (TPSA) is 91.4 Å². The van der Waals surface area contributed by atoms with E-state index >= 15 is 0 Å². The predicted octanol–water partition coefficient (Wildman–Crippen LogP) is 0.681. The maximum Gasteiger partial charge on any atom is 0.137 e. The number of hydrogen-bond donors (Lipinski definition) is 3. The number of nitrogens with zero attached hydrogens (tertiary/aromatic N) is 3. The van der Waals surface area contributed by atoms with Crippen molar-refractivity contribution >= 4 is 0 Å². The van der Waals surface area contributed by atoms with Gasteiger partial charge in [0.1, 0.15) is 29.9 Å². The molecule has 1 aromatic heterocycles. The zero-order valence-electron chi connectivity index (χ0n) is 12.6. The number of aliphatic hydroxyl groups is 3. The molecule has 3 N–H and O–H groups in total. The van der Waals surface area contributed by atoms with E-state index in [1.165, 1.54) is 17.3 Å². The number of aromatic nitrogens is 3. The summed E-state index contributed by atoms with van der Waals surface area (Å²) in [6.45, 7) is 0.643. The molecule has 0 amide bonds. The van der Waals surface area contributed by atoms with Gasteiger partial charge in [0.25, 0.3) is 0 Å². The van der Waals surface area contributed by atoms with Crippen LogP contribution in [-0.4, -0.2) is 43.3 Å². The van der Waals surface area contributed by atoms with Crippen molar-refractivity contribution in [2.75, 3.05) is 13.2 Å². The molecule has 2 aromatic rings. The van der Waals surface area contributed by atoms with Crippen LogP contribution in [0, 0.1) is 23.5 Å². The third-order valence-electron chi connectivity index (χ3n) is 4.20. The molecular formula is C15H19F2N3O3. The Morgan fingerprint density at radius 1 is 1.26 bits per heavy atom. The number of hydrogen-bond acceptors (Lipinski definition) is 5. The fourth-order valence-electron chi connectivity index (χ4n) is 2.64. The summed E-state index contributed by atoms with van der Waals surface area (Å²) in [6.07, 6.45) is 2.62. The van der Waals surface area contributed by atoms with Crippen LogP contribution in [0.1, 0.15) is 12.5 Å². The van der Waals surface area contributed by atoms with Crippen molar-refractivity contribution in [3.05, 3.63) is 48.1 Å². The molecule has 0 aliphatic carbocycles. The normalized spacial score (nSPS) is 15.6. The van der Waals surface area contributed by atoms with E-state index < -0.39 is 29.1 Å². The average molecular weight is 327 g/mol. The van der Waals surface area contributed by atoms with E-state index in [1.807, 2.05) is 0 Å². The lowest BCUT2D eigenvalue weighted by atomic mass is 9.75. The molecule has 0 unspecified atom stereocenters. The minimum absolute atomic E-state index is 0.131. The van der Waals surface area contributed by atoms with Crippen LogP contribution in [-0.2, 0) is 12.1 Å². The van der Waals surface area contributed by atoms with Gasteiger partial charge >= 0.3 is 0 Å². The van der Waals surface area contributed by atoms with Gasteiger partial charge in [-0.25, -0.2) is 18.4 Å². The summed E-state index contributed by atoms with van der Waals surface area (Å²) >= 11 is 0. The largest absolute Gasteiger partial charge is 0.396 e. The summed E-state index contributed by atoms with van der Waals surface area (Å²) < 4.78 is 28.7. The number of aliphatic hydroxyl groups excluding tert-OH is 2. The fourth-order valence-corrected chi connectivity index (χ4v) is 2.64. The van der Waals surface area contributed by atoms with Gasteiger partial charge in [-0.2, -0.15) is 5.10 Å². The van der Waals surface area contributed by atoms with Crippen molar-refractivity contribution in [2.24, 2.45) is 11.8 Å². The highest BCUT2D eigenvalue weighted by molar-refractivity contribution is 5.26. The summed E-state index contributed by atoms with van der Waals surface area (Å²) in [5.41, 5.74) is -1.95. The zero-order valence-corrected chi connectivity index (χ0v) is 12.6. The van der Waals surface area contributed by atoms with Gasteiger partial charge in [0.05, 0.1) is 6.54 Å². The first-order valence-electron chi connectivity index (χ1n) is 7.14. The smallest absolute Gasteiger partial charge is 0.137 e. The molecule has 0 aliphatic rings. The first-order chi connectivity index (χ1) is 10.9. The Morgan fingerprint density at radius 3 is 2.48 bits per heavy atom. The van der Waals surface area contributed by atoms with Crippen LogP contribution in [0.3, 0.4) is 0 Å². The molecule has 0 fully saturated rings. The van der Waals surface area contributed by atoms with Crippen LogP contribution in [0.5, 0.6) is 0 Å². The Labute approximate surface area is 132 Å². The molecule has 2 atom stereocenters. The van der Waals surface area contributed by atoms with E-state index in [4.69, 9.17) is 0 Å². The third kappa shape index (κ3) is 3.54. The zero-order chi connectivity index (χ0) is 17.0. The van der Waals surface area contributed by atoms with Crippen molar-refractivity contribution in [3.8, 4) is 0 Å². The molecule has 0 spiro atoms. The maximum absolute atomic E-state index is 14.2. The highest BCUT2D eigenvalue weighted by Crippen LogP contribution is 2.37. The van der Waals surface area contributed by atoms with Crippen LogP contribution in [0.25, 0.3) is 0 Å². The second kappa shape index (κ2) is 7.12. The average Bonchev–Trinajstić information content (AvgIpc) is 3.00. The van der Waals surface area contributed by atoms with Gasteiger partial charge in [-0.3, -0.25) is 0 Å². The van der Waals surface area contributed by atoms with Crippen LogP contribution in [0.15, 0.2) is 30.9 Å². The summed E-state index contributed by atoms with van der Waals surface area (Å²) in [5, 5.41) is 33.8. The van der Waals surface area contributed by atoms with E-state index in [2.05, 4.69) is 10.1 Å². The lowest BCUT2D eigenvalue weighted by molar-refractivity contribution is -0.0777. The fraction of sp³-hybridized carbons (Fsp3) is 0.467. The highest BCUT2D eigenvalue weighted by atomic mass is 19.1. The summed E-state index contributed by atoms with van der Waals surface area (Å²) in [7, 11) is 0. The second-order valence-corrected chi connectivity index (χ2v) is 5.56.